The average Bonchev–Trinajstić information content (AvgIpc) is 2.25. The number of ether oxygens (including phenoxy) is 1. The van der Waals surface area contributed by atoms with E-state index in [1.54, 1.807) is 25.4 Å². The van der Waals surface area contributed by atoms with Gasteiger partial charge in [0.2, 0.25) is 5.88 Å². The van der Waals surface area contributed by atoms with Gasteiger partial charge in [0.15, 0.2) is 0 Å². The first-order valence-corrected chi connectivity index (χ1v) is 4.57. The standard InChI is InChI=1S/C11H15NO2/c1-3-4-7-10(13)9-6-5-8-12-11(9)14-2/h3,5-6,8,10,13H,1,4,7H2,2H3. The predicted octanol–water partition coefficient (Wildman–Crippen LogP) is 2.09. The van der Waals surface area contributed by atoms with Crippen LogP contribution in [0.3, 0.4) is 0 Å². The van der Waals surface area contributed by atoms with E-state index < -0.39 is 6.10 Å². The molecular formula is C11H15NO2. The summed E-state index contributed by atoms with van der Waals surface area (Å²) in [6, 6.07) is 3.61. The summed E-state index contributed by atoms with van der Waals surface area (Å²) in [7, 11) is 1.55. The number of nitrogens with zero attached hydrogens (tertiary/aromatic N) is 1. The first-order chi connectivity index (χ1) is 6.79. The minimum absolute atomic E-state index is 0.490. The van der Waals surface area contributed by atoms with Gasteiger partial charge in [0.1, 0.15) is 0 Å². The van der Waals surface area contributed by atoms with Gasteiger partial charge in [0.05, 0.1) is 13.2 Å². The van der Waals surface area contributed by atoms with Gasteiger partial charge in [-0.1, -0.05) is 6.08 Å². The van der Waals surface area contributed by atoms with Gasteiger partial charge in [0.25, 0.3) is 0 Å². The van der Waals surface area contributed by atoms with E-state index in [0.29, 0.717) is 12.3 Å². The number of hydrogen-bond donors (Lipinski definition) is 1. The molecule has 0 aliphatic carbocycles. The summed E-state index contributed by atoms with van der Waals surface area (Å²) in [6.07, 6.45) is 4.32. The lowest BCUT2D eigenvalue weighted by Crippen LogP contribution is -2.01. The van der Waals surface area contributed by atoms with E-state index in [1.165, 1.54) is 0 Å². The van der Waals surface area contributed by atoms with Gasteiger partial charge in [-0.15, -0.1) is 6.58 Å². The van der Waals surface area contributed by atoms with Crippen LogP contribution in [0.25, 0.3) is 0 Å². The summed E-state index contributed by atoms with van der Waals surface area (Å²) in [5.74, 6) is 0.490. The van der Waals surface area contributed by atoms with Gasteiger partial charge in [0, 0.05) is 11.8 Å². The van der Waals surface area contributed by atoms with E-state index in [9.17, 15) is 5.11 Å². The SMILES string of the molecule is C=CCCC(O)c1cccnc1OC. The van der Waals surface area contributed by atoms with E-state index in [0.717, 1.165) is 12.0 Å². The van der Waals surface area contributed by atoms with Gasteiger partial charge in [-0.2, -0.15) is 0 Å². The molecule has 1 aromatic rings. The van der Waals surface area contributed by atoms with Gasteiger partial charge in [-0.3, -0.25) is 0 Å². The van der Waals surface area contributed by atoms with Crippen molar-refractivity contribution in [2.24, 2.45) is 0 Å². The van der Waals surface area contributed by atoms with Crippen molar-refractivity contribution in [3.63, 3.8) is 0 Å². The van der Waals surface area contributed by atoms with Crippen LogP contribution in [0.2, 0.25) is 0 Å². The first-order valence-electron chi connectivity index (χ1n) is 4.57. The van der Waals surface area contributed by atoms with Crippen molar-refractivity contribution in [2.45, 2.75) is 18.9 Å². The Morgan fingerprint density at radius 1 is 1.71 bits per heavy atom. The summed E-state index contributed by atoms with van der Waals surface area (Å²) in [5.41, 5.74) is 0.733. The lowest BCUT2D eigenvalue weighted by Gasteiger charge is -2.12. The maximum Gasteiger partial charge on any atom is 0.218 e. The van der Waals surface area contributed by atoms with Crippen molar-refractivity contribution in [3.8, 4) is 5.88 Å². The van der Waals surface area contributed by atoms with Crippen LogP contribution in [0.4, 0.5) is 0 Å². The summed E-state index contributed by atoms with van der Waals surface area (Å²) >= 11 is 0. The number of hydrogen-bond acceptors (Lipinski definition) is 3. The van der Waals surface area contributed by atoms with E-state index in [1.807, 2.05) is 6.07 Å². The summed E-state index contributed by atoms with van der Waals surface area (Å²) in [6.45, 7) is 3.61. The van der Waals surface area contributed by atoms with Crippen LogP contribution in [0.15, 0.2) is 31.0 Å². The van der Waals surface area contributed by atoms with Crippen LogP contribution in [0.1, 0.15) is 24.5 Å². The molecule has 1 rings (SSSR count). The van der Waals surface area contributed by atoms with E-state index in [2.05, 4.69) is 11.6 Å². The summed E-state index contributed by atoms with van der Waals surface area (Å²) in [4.78, 5) is 4.02. The molecule has 0 aliphatic heterocycles. The molecule has 1 heterocycles. The normalized spacial score (nSPS) is 12.1. The van der Waals surface area contributed by atoms with Crippen molar-refractivity contribution in [1.29, 1.82) is 0 Å². The molecule has 0 fully saturated rings. The molecule has 0 aromatic carbocycles. The Hall–Kier alpha value is -1.35. The predicted molar refractivity (Wildman–Crippen MR) is 55.2 cm³/mol. The van der Waals surface area contributed by atoms with E-state index in [-0.39, 0.29) is 0 Å². The zero-order chi connectivity index (χ0) is 10.4. The molecule has 1 N–H and O–H groups in total. The highest BCUT2D eigenvalue weighted by Crippen LogP contribution is 2.25. The van der Waals surface area contributed by atoms with Crippen molar-refractivity contribution >= 4 is 0 Å². The zero-order valence-corrected chi connectivity index (χ0v) is 8.31. The molecule has 0 amide bonds. The Labute approximate surface area is 84.1 Å². The van der Waals surface area contributed by atoms with Gasteiger partial charge < -0.3 is 9.84 Å². The number of aliphatic hydroxyl groups is 1. The molecule has 0 saturated carbocycles. The number of aliphatic hydroxyl groups excluding tert-OH is 1. The van der Waals surface area contributed by atoms with Crippen molar-refractivity contribution in [2.75, 3.05) is 7.11 Å². The Bertz CT molecular complexity index is 299. The van der Waals surface area contributed by atoms with Crippen LogP contribution in [-0.2, 0) is 0 Å². The molecular weight excluding hydrogens is 178 g/mol. The molecule has 76 valence electrons. The zero-order valence-electron chi connectivity index (χ0n) is 8.31. The Morgan fingerprint density at radius 3 is 3.14 bits per heavy atom. The topological polar surface area (TPSA) is 42.4 Å². The molecule has 0 aliphatic rings. The molecule has 3 heteroatoms. The minimum Gasteiger partial charge on any atom is -0.481 e. The summed E-state index contributed by atoms with van der Waals surface area (Å²) < 4.78 is 5.05. The number of allylic oxidation sites excluding steroid dienone is 1. The number of pyridine rings is 1. The van der Waals surface area contributed by atoms with Gasteiger partial charge >= 0.3 is 0 Å². The van der Waals surface area contributed by atoms with Crippen LogP contribution in [-0.4, -0.2) is 17.2 Å². The fourth-order valence-corrected chi connectivity index (χ4v) is 1.26. The minimum atomic E-state index is -0.531. The quantitative estimate of drug-likeness (QED) is 0.728. The van der Waals surface area contributed by atoms with E-state index in [4.69, 9.17) is 4.74 Å². The third-order valence-electron chi connectivity index (χ3n) is 2.00. The molecule has 1 atom stereocenters. The smallest absolute Gasteiger partial charge is 0.218 e. The van der Waals surface area contributed by atoms with Crippen LogP contribution < -0.4 is 4.74 Å². The number of methoxy groups -OCH3 is 1. The molecule has 3 nitrogen and oxygen atoms in total. The fraction of sp³-hybridized carbons (Fsp3) is 0.364. The molecule has 1 aromatic heterocycles. The fourth-order valence-electron chi connectivity index (χ4n) is 1.26. The highest BCUT2D eigenvalue weighted by Gasteiger charge is 2.12. The Kier molecular flexibility index (Phi) is 4.13. The maximum atomic E-state index is 9.80. The van der Waals surface area contributed by atoms with Crippen LogP contribution in [0.5, 0.6) is 5.88 Å². The molecule has 0 spiro atoms. The highest BCUT2D eigenvalue weighted by atomic mass is 16.5. The molecule has 1 unspecified atom stereocenters. The highest BCUT2D eigenvalue weighted by molar-refractivity contribution is 5.27. The Morgan fingerprint density at radius 2 is 2.50 bits per heavy atom. The second-order valence-corrected chi connectivity index (χ2v) is 2.98. The lowest BCUT2D eigenvalue weighted by atomic mass is 10.1. The number of aromatic nitrogens is 1. The number of rotatable bonds is 5. The van der Waals surface area contributed by atoms with Crippen LogP contribution in [0, 0.1) is 0 Å². The van der Waals surface area contributed by atoms with Crippen LogP contribution >= 0.6 is 0 Å². The third kappa shape index (κ3) is 2.57. The maximum absolute atomic E-state index is 9.80. The first kappa shape index (κ1) is 10.7. The van der Waals surface area contributed by atoms with Crippen molar-refractivity contribution in [1.82, 2.24) is 4.98 Å². The second kappa shape index (κ2) is 5.40. The van der Waals surface area contributed by atoms with Gasteiger partial charge in [-0.05, 0) is 25.0 Å². The molecule has 0 saturated heterocycles. The third-order valence-corrected chi connectivity index (χ3v) is 2.00. The molecule has 0 radical (unpaired) electrons. The second-order valence-electron chi connectivity index (χ2n) is 2.98. The Balaban J connectivity index is 2.77. The van der Waals surface area contributed by atoms with Crippen molar-refractivity contribution < 1.29 is 9.84 Å². The monoisotopic (exact) mass is 193 g/mol. The average molecular weight is 193 g/mol. The molecule has 14 heavy (non-hydrogen) atoms. The lowest BCUT2D eigenvalue weighted by molar-refractivity contribution is 0.163. The molecule has 0 bridgehead atoms. The van der Waals surface area contributed by atoms with E-state index >= 15 is 0 Å². The van der Waals surface area contributed by atoms with Gasteiger partial charge in [-0.25, -0.2) is 4.98 Å². The summed E-state index contributed by atoms with van der Waals surface area (Å²) in [5, 5.41) is 9.80. The largest absolute Gasteiger partial charge is 0.481 e. The van der Waals surface area contributed by atoms with Crippen molar-refractivity contribution in [3.05, 3.63) is 36.5 Å².